The second-order valence-electron chi connectivity index (χ2n) is 2.89. The molecular formula is C10H11N3O2. The molecule has 1 amide bonds. The van der Waals surface area contributed by atoms with Gasteiger partial charge < -0.3 is 15.9 Å². The third kappa shape index (κ3) is 2.91. The van der Waals surface area contributed by atoms with Crippen molar-refractivity contribution >= 4 is 23.0 Å². The number of oxime groups is 1. The summed E-state index contributed by atoms with van der Waals surface area (Å²) in [7, 11) is 0. The average molecular weight is 205 g/mol. The van der Waals surface area contributed by atoms with Crippen LogP contribution in [0.3, 0.4) is 0 Å². The van der Waals surface area contributed by atoms with Gasteiger partial charge >= 0.3 is 0 Å². The number of carbonyl (C=O) groups is 1. The van der Waals surface area contributed by atoms with Gasteiger partial charge in [0.1, 0.15) is 0 Å². The molecule has 0 radical (unpaired) electrons. The Morgan fingerprint density at radius 2 is 2.00 bits per heavy atom. The number of hydrogen-bond donors (Lipinski definition) is 3. The molecule has 0 aliphatic carbocycles. The van der Waals surface area contributed by atoms with Crippen LogP contribution in [0.1, 0.15) is 6.92 Å². The highest BCUT2D eigenvalue weighted by atomic mass is 16.4. The highest BCUT2D eigenvalue weighted by molar-refractivity contribution is 6.67. The monoisotopic (exact) mass is 205 g/mol. The number of anilines is 1. The first-order chi connectivity index (χ1) is 7.15. The zero-order valence-electron chi connectivity index (χ0n) is 8.19. The predicted octanol–water partition coefficient (Wildman–Crippen LogP) is 1.49. The molecule has 1 rings (SSSR count). The number of nitrogens with zero attached hydrogens (tertiary/aromatic N) is 1. The van der Waals surface area contributed by atoms with Crippen LogP contribution in [0.4, 0.5) is 5.69 Å². The summed E-state index contributed by atoms with van der Waals surface area (Å²) in [5.41, 5.74) is 0.203. The normalized spacial score (nSPS) is 10.9. The summed E-state index contributed by atoms with van der Waals surface area (Å²) in [5.74, 6) is -0.601. The van der Waals surface area contributed by atoms with Crippen LogP contribution in [0.5, 0.6) is 0 Å². The largest absolute Gasteiger partial charge is 0.410 e. The zero-order chi connectivity index (χ0) is 11.3. The van der Waals surface area contributed by atoms with Gasteiger partial charge in [0.25, 0.3) is 5.91 Å². The summed E-state index contributed by atoms with van der Waals surface area (Å²) in [6.07, 6.45) is 0. The Kier molecular flexibility index (Phi) is 3.56. The Balaban J connectivity index is 2.76. The summed E-state index contributed by atoms with van der Waals surface area (Å²) < 4.78 is 0. The van der Waals surface area contributed by atoms with E-state index in [0.29, 0.717) is 5.69 Å². The molecule has 0 bridgehead atoms. The van der Waals surface area contributed by atoms with Gasteiger partial charge in [0.05, 0.1) is 5.71 Å². The quantitative estimate of drug-likeness (QED) is 0.396. The molecule has 15 heavy (non-hydrogen) atoms. The number of nitrogens with one attached hydrogen (secondary N) is 2. The van der Waals surface area contributed by atoms with Crippen molar-refractivity contribution in [3.63, 3.8) is 0 Å². The fourth-order valence-corrected chi connectivity index (χ4v) is 1.00. The minimum atomic E-state index is -0.601. The Labute approximate surface area is 86.9 Å². The van der Waals surface area contributed by atoms with Crippen LogP contribution in [0.15, 0.2) is 35.5 Å². The van der Waals surface area contributed by atoms with Gasteiger partial charge in [0, 0.05) is 5.69 Å². The first-order valence-electron chi connectivity index (χ1n) is 4.29. The molecule has 1 aromatic rings. The lowest BCUT2D eigenvalue weighted by Crippen LogP contribution is -2.28. The van der Waals surface area contributed by atoms with E-state index in [1.54, 1.807) is 24.3 Å². The first-order valence-corrected chi connectivity index (χ1v) is 4.29. The van der Waals surface area contributed by atoms with Gasteiger partial charge in [0.2, 0.25) is 0 Å². The molecule has 0 aliphatic rings. The number of rotatable bonds is 3. The average Bonchev–Trinajstić information content (AvgIpc) is 2.19. The van der Waals surface area contributed by atoms with Crippen LogP contribution in [0.2, 0.25) is 0 Å². The Bertz CT molecular complexity index is 398. The summed E-state index contributed by atoms with van der Waals surface area (Å²) in [6, 6.07) is 8.75. The van der Waals surface area contributed by atoms with E-state index in [0.717, 1.165) is 0 Å². The maximum absolute atomic E-state index is 11.4. The van der Waals surface area contributed by atoms with E-state index in [-0.39, 0.29) is 11.4 Å². The lowest BCUT2D eigenvalue weighted by Gasteiger charge is -2.04. The van der Waals surface area contributed by atoms with Crippen LogP contribution in [-0.4, -0.2) is 22.5 Å². The fourth-order valence-electron chi connectivity index (χ4n) is 1.00. The van der Waals surface area contributed by atoms with Crippen molar-refractivity contribution in [3.05, 3.63) is 30.3 Å². The highest BCUT2D eigenvalue weighted by Gasteiger charge is 2.14. The second-order valence-corrected chi connectivity index (χ2v) is 2.89. The van der Waals surface area contributed by atoms with Crippen molar-refractivity contribution in [1.29, 1.82) is 5.41 Å². The van der Waals surface area contributed by atoms with Crippen LogP contribution < -0.4 is 5.32 Å². The standard InChI is InChI=1S/C10H11N3O2/c1-7(11)9(13-15)10(14)12-8-5-3-2-4-6-8/h2-6,11,15H,1H3,(H,12,14)/b11-7?,13-9+. The van der Waals surface area contributed by atoms with Gasteiger partial charge in [0.15, 0.2) is 5.71 Å². The maximum Gasteiger partial charge on any atom is 0.279 e. The third-order valence-corrected chi connectivity index (χ3v) is 1.70. The minimum Gasteiger partial charge on any atom is -0.410 e. The summed E-state index contributed by atoms with van der Waals surface area (Å²) in [5, 5.41) is 21.0. The third-order valence-electron chi connectivity index (χ3n) is 1.70. The van der Waals surface area contributed by atoms with E-state index in [9.17, 15) is 4.79 Å². The van der Waals surface area contributed by atoms with E-state index >= 15 is 0 Å². The SMILES string of the molecule is CC(=N)/C(=N\O)C(=O)Nc1ccccc1. The molecule has 0 heterocycles. The summed E-state index contributed by atoms with van der Waals surface area (Å²) >= 11 is 0. The van der Waals surface area contributed by atoms with E-state index in [4.69, 9.17) is 10.6 Å². The predicted molar refractivity (Wildman–Crippen MR) is 57.7 cm³/mol. The maximum atomic E-state index is 11.4. The number of amides is 1. The molecule has 0 saturated carbocycles. The van der Waals surface area contributed by atoms with Crippen molar-refractivity contribution in [3.8, 4) is 0 Å². The van der Waals surface area contributed by atoms with Crippen LogP contribution in [0.25, 0.3) is 0 Å². The fraction of sp³-hybridized carbons (Fsp3) is 0.100. The zero-order valence-corrected chi connectivity index (χ0v) is 8.19. The second kappa shape index (κ2) is 4.90. The molecule has 0 spiro atoms. The van der Waals surface area contributed by atoms with E-state index < -0.39 is 5.91 Å². The minimum absolute atomic E-state index is 0.0917. The van der Waals surface area contributed by atoms with Gasteiger partial charge in [-0.05, 0) is 19.1 Å². The van der Waals surface area contributed by atoms with Crippen molar-refractivity contribution < 1.29 is 10.0 Å². The Morgan fingerprint density at radius 3 is 2.47 bits per heavy atom. The lowest BCUT2D eigenvalue weighted by atomic mass is 10.2. The van der Waals surface area contributed by atoms with Crippen molar-refractivity contribution in [1.82, 2.24) is 0 Å². The van der Waals surface area contributed by atoms with E-state index in [1.165, 1.54) is 6.92 Å². The molecule has 0 aromatic heterocycles. The molecule has 0 fully saturated rings. The smallest absolute Gasteiger partial charge is 0.279 e. The molecule has 78 valence electrons. The van der Waals surface area contributed by atoms with Gasteiger partial charge in [-0.2, -0.15) is 0 Å². The van der Waals surface area contributed by atoms with Crippen molar-refractivity contribution in [2.75, 3.05) is 5.32 Å². The van der Waals surface area contributed by atoms with E-state index in [1.807, 2.05) is 6.07 Å². The highest BCUT2D eigenvalue weighted by Crippen LogP contribution is 2.04. The molecule has 3 N–H and O–H groups in total. The van der Waals surface area contributed by atoms with Crippen LogP contribution in [-0.2, 0) is 4.79 Å². The first kappa shape index (κ1) is 10.9. The van der Waals surface area contributed by atoms with Gasteiger partial charge in [-0.25, -0.2) is 0 Å². The van der Waals surface area contributed by atoms with Gasteiger partial charge in [-0.3, -0.25) is 4.79 Å². The van der Waals surface area contributed by atoms with Gasteiger partial charge in [-0.15, -0.1) is 0 Å². The molecule has 5 heteroatoms. The Hall–Kier alpha value is -2.17. The van der Waals surface area contributed by atoms with Crippen LogP contribution in [0, 0.1) is 5.41 Å². The number of para-hydroxylation sites is 1. The molecule has 1 aromatic carbocycles. The number of hydrogen-bond acceptors (Lipinski definition) is 4. The summed E-state index contributed by atoms with van der Waals surface area (Å²) in [4.78, 5) is 11.4. The molecule has 0 atom stereocenters. The topological polar surface area (TPSA) is 85.5 Å². The molecular weight excluding hydrogens is 194 g/mol. The molecule has 0 unspecified atom stereocenters. The molecule has 5 nitrogen and oxygen atoms in total. The number of benzene rings is 1. The molecule has 0 aliphatic heterocycles. The van der Waals surface area contributed by atoms with Crippen molar-refractivity contribution in [2.45, 2.75) is 6.92 Å². The Morgan fingerprint density at radius 1 is 1.40 bits per heavy atom. The van der Waals surface area contributed by atoms with Gasteiger partial charge in [-0.1, -0.05) is 23.4 Å². The number of carbonyl (C=O) groups excluding carboxylic acids is 1. The van der Waals surface area contributed by atoms with Crippen molar-refractivity contribution in [2.24, 2.45) is 5.16 Å². The van der Waals surface area contributed by atoms with Crippen LogP contribution >= 0.6 is 0 Å². The molecule has 0 saturated heterocycles. The lowest BCUT2D eigenvalue weighted by molar-refractivity contribution is -0.110. The summed E-state index contributed by atoms with van der Waals surface area (Å²) in [6.45, 7) is 1.37. The van der Waals surface area contributed by atoms with E-state index in [2.05, 4.69) is 10.5 Å².